The highest BCUT2D eigenvalue weighted by Gasteiger charge is 2.46. The molecule has 2 saturated heterocycles. The molecule has 2 heterocycles. The van der Waals surface area contributed by atoms with Gasteiger partial charge in [-0.1, -0.05) is 25.1 Å². The van der Waals surface area contributed by atoms with Crippen LogP contribution in [-0.4, -0.2) is 46.8 Å². The normalized spacial score (nSPS) is 27.8. The number of piperidine rings is 2. The van der Waals surface area contributed by atoms with Crippen LogP contribution in [0.2, 0.25) is 0 Å². The van der Waals surface area contributed by atoms with E-state index in [4.69, 9.17) is 0 Å². The van der Waals surface area contributed by atoms with E-state index in [-0.39, 0.29) is 11.8 Å². The predicted octanol–water partition coefficient (Wildman–Crippen LogP) is 3.33. The third-order valence-electron chi connectivity index (χ3n) is 5.56. The number of benzene rings is 1. The number of amides is 2. The minimum absolute atomic E-state index is 0.0174. The Balaban J connectivity index is 1.84. The van der Waals surface area contributed by atoms with Gasteiger partial charge in [-0.15, -0.1) is 0 Å². The molecule has 0 aliphatic carbocycles. The summed E-state index contributed by atoms with van der Waals surface area (Å²) in [7, 11) is 0. The summed E-state index contributed by atoms with van der Waals surface area (Å²) in [5, 5.41) is 0. The maximum absolute atomic E-state index is 13.3. The lowest BCUT2D eigenvalue weighted by Gasteiger charge is -2.47. The number of carbonyl (C=O) groups is 2. The summed E-state index contributed by atoms with van der Waals surface area (Å²) in [6.07, 6.45) is 4.99. The van der Waals surface area contributed by atoms with Gasteiger partial charge >= 0.3 is 0 Å². The van der Waals surface area contributed by atoms with Gasteiger partial charge in [0.15, 0.2) is 0 Å². The van der Waals surface area contributed by atoms with Gasteiger partial charge in [0.2, 0.25) is 5.91 Å². The fraction of sp³-hybridized carbons (Fsp3) is 0.600. The second-order valence-corrected chi connectivity index (χ2v) is 7.55. The predicted molar refractivity (Wildman–Crippen MR) is 94.7 cm³/mol. The van der Waals surface area contributed by atoms with Gasteiger partial charge in [-0.25, -0.2) is 0 Å². The summed E-state index contributed by atoms with van der Waals surface area (Å²) in [6, 6.07) is 9.34. The van der Waals surface area contributed by atoms with Gasteiger partial charge in [0, 0.05) is 25.2 Å². The highest BCUT2D eigenvalue weighted by atomic mass is 16.2. The van der Waals surface area contributed by atoms with Crippen molar-refractivity contribution in [1.82, 2.24) is 9.80 Å². The Morgan fingerprint density at radius 1 is 1.08 bits per heavy atom. The van der Waals surface area contributed by atoms with Gasteiger partial charge in [0.1, 0.15) is 5.54 Å². The van der Waals surface area contributed by atoms with Gasteiger partial charge in [0.25, 0.3) is 5.91 Å². The van der Waals surface area contributed by atoms with Crippen molar-refractivity contribution in [3.8, 4) is 0 Å². The largest absolute Gasteiger partial charge is 0.340 e. The molecule has 2 fully saturated rings. The first-order valence-corrected chi connectivity index (χ1v) is 9.19. The molecule has 2 atom stereocenters. The highest BCUT2D eigenvalue weighted by Crippen LogP contribution is 2.32. The summed E-state index contributed by atoms with van der Waals surface area (Å²) >= 11 is 0. The van der Waals surface area contributed by atoms with E-state index in [0.29, 0.717) is 18.0 Å². The fourth-order valence-corrected chi connectivity index (χ4v) is 4.12. The summed E-state index contributed by atoms with van der Waals surface area (Å²) in [4.78, 5) is 30.1. The smallest absolute Gasteiger partial charge is 0.254 e. The summed E-state index contributed by atoms with van der Waals surface area (Å²) in [6.45, 7) is 6.48. The number of likely N-dealkylation sites (tertiary alicyclic amines) is 2. The number of nitrogens with zero attached hydrogens (tertiary/aromatic N) is 2. The first kappa shape index (κ1) is 17.0. The molecule has 4 heteroatoms. The van der Waals surface area contributed by atoms with E-state index < -0.39 is 5.54 Å². The van der Waals surface area contributed by atoms with Gasteiger partial charge in [0.05, 0.1) is 0 Å². The van der Waals surface area contributed by atoms with Crippen molar-refractivity contribution in [2.24, 2.45) is 5.92 Å². The van der Waals surface area contributed by atoms with Crippen LogP contribution in [0.25, 0.3) is 0 Å². The third kappa shape index (κ3) is 3.19. The van der Waals surface area contributed by atoms with Crippen molar-refractivity contribution in [2.45, 2.75) is 51.5 Å². The molecule has 0 aromatic heterocycles. The van der Waals surface area contributed by atoms with Gasteiger partial charge in [-0.05, 0) is 57.1 Å². The van der Waals surface area contributed by atoms with E-state index in [1.807, 2.05) is 47.1 Å². The molecule has 0 unspecified atom stereocenters. The van der Waals surface area contributed by atoms with Crippen LogP contribution in [0, 0.1) is 5.92 Å². The van der Waals surface area contributed by atoms with Crippen LogP contribution >= 0.6 is 0 Å². The van der Waals surface area contributed by atoms with Crippen LogP contribution in [-0.2, 0) is 4.79 Å². The van der Waals surface area contributed by atoms with Crippen LogP contribution in [0.3, 0.4) is 0 Å². The number of hydrogen-bond acceptors (Lipinski definition) is 2. The van der Waals surface area contributed by atoms with Crippen molar-refractivity contribution in [3.05, 3.63) is 35.9 Å². The zero-order valence-electron chi connectivity index (χ0n) is 14.8. The standard InChI is InChI=1S/C20H28N2O2/c1-16-9-8-13-21(15-16)19(24)20(2)12-6-7-14-22(20)18(23)17-10-4-3-5-11-17/h3-5,10-11,16H,6-9,12-15H2,1-2H3/t16-,20-/m0/s1. The molecule has 1 aromatic carbocycles. The molecule has 0 spiro atoms. The van der Waals surface area contributed by atoms with Crippen molar-refractivity contribution in [2.75, 3.05) is 19.6 Å². The molecule has 4 nitrogen and oxygen atoms in total. The van der Waals surface area contributed by atoms with E-state index in [0.717, 1.165) is 38.8 Å². The zero-order valence-corrected chi connectivity index (χ0v) is 14.8. The van der Waals surface area contributed by atoms with Crippen molar-refractivity contribution in [1.29, 1.82) is 0 Å². The number of hydrogen-bond donors (Lipinski definition) is 0. The fourth-order valence-electron chi connectivity index (χ4n) is 4.12. The molecular formula is C20H28N2O2. The average Bonchev–Trinajstić information content (AvgIpc) is 2.61. The molecule has 0 bridgehead atoms. The molecule has 0 N–H and O–H groups in total. The van der Waals surface area contributed by atoms with E-state index in [1.54, 1.807) is 0 Å². The summed E-state index contributed by atoms with van der Waals surface area (Å²) in [5.41, 5.74) is -0.0344. The molecular weight excluding hydrogens is 300 g/mol. The van der Waals surface area contributed by atoms with Crippen LogP contribution in [0.15, 0.2) is 30.3 Å². The molecule has 3 rings (SSSR count). The molecule has 1 aromatic rings. The molecule has 2 amide bonds. The molecule has 0 radical (unpaired) electrons. The van der Waals surface area contributed by atoms with Crippen molar-refractivity contribution >= 4 is 11.8 Å². The third-order valence-corrected chi connectivity index (χ3v) is 5.56. The van der Waals surface area contributed by atoms with E-state index in [2.05, 4.69) is 6.92 Å². The maximum atomic E-state index is 13.3. The zero-order chi connectivity index (χ0) is 17.2. The number of rotatable bonds is 2. The second-order valence-electron chi connectivity index (χ2n) is 7.55. The molecule has 2 aliphatic rings. The summed E-state index contributed by atoms with van der Waals surface area (Å²) in [5.74, 6) is 0.669. The second kappa shape index (κ2) is 6.96. The van der Waals surface area contributed by atoms with Crippen LogP contribution < -0.4 is 0 Å². The lowest BCUT2D eigenvalue weighted by molar-refractivity contribution is -0.145. The number of carbonyl (C=O) groups excluding carboxylic acids is 2. The minimum atomic E-state index is -0.706. The molecule has 24 heavy (non-hydrogen) atoms. The summed E-state index contributed by atoms with van der Waals surface area (Å²) < 4.78 is 0. The lowest BCUT2D eigenvalue weighted by atomic mass is 9.85. The highest BCUT2D eigenvalue weighted by molar-refractivity contribution is 5.99. The SMILES string of the molecule is C[C@H]1CCCN(C(=O)[C@]2(C)CCCCN2C(=O)c2ccccc2)C1. The Morgan fingerprint density at radius 2 is 1.83 bits per heavy atom. The first-order chi connectivity index (χ1) is 11.5. The van der Waals surface area contributed by atoms with Gasteiger partial charge < -0.3 is 9.80 Å². The lowest BCUT2D eigenvalue weighted by Crippen LogP contribution is -2.62. The van der Waals surface area contributed by atoms with E-state index >= 15 is 0 Å². The quantitative estimate of drug-likeness (QED) is 0.835. The van der Waals surface area contributed by atoms with E-state index in [9.17, 15) is 9.59 Å². The molecule has 0 saturated carbocycles. The Hall–Kier alpha value is -1.84. The van der Waals surface area contributed by atoms with Crippen molar-refractivity contribution < 1.29 is 9.59 Å². The van der Waals surface area contributed by atoms with Crippen LogP contribution in [0.5, 0.6) is 0 Å². The van der Waals surface area contributed by atoms with E-state index in [1.165, 1.54) is 6.42 Å². The topological polar surface area (TPSA) is 40.6 Å². The molecule has 130 valence electrons. The van der Waals surface area contributed by atoms with Gasteiger partial charge in [-0.3, -0.25) is 9.59 Å². The van der Waals surface area contributed by atoms with Crippen molar-refractivity contribution in [3.63, 3.8) is 0 Å². The van der Waals surface area contributed by atoms with Crippen LogP contribution in [0.4, 0.5) is 0 Å². The Labute approximate surface area is 144 Å². The Bertz CT molecular complexity index is 601. The maximum Gasteiger partial charge on any atom is 0.254 e. The Kier molecular flexibility index (Phi) is 4.93. The average molecular weight is 328 g/mol. The monoisotopic (exact) mass is 328 g/mol. The first-order valence-electron chi connectivity index (χ1n) is 9.19. The molecule has 2 aliphatic heterocycles. The van der Waals surface area contributed by atoms with Crippen LogP contribution in [0.1, 0.15) is 56.3 Å². The Morgan fingerprint density at radius 3 is 2.54 bits per heavy atom. The van der Waals surface area contributed by atoms with Gasteiger partial charge in [-0.2, -0.15) is 0 Å². The minimum Gasteiger partial charge on any atom is -0.340 e.